The predicted molar refractivity (Wildman–Crippen MR) is 78.8 cm³/mol. The van der Waals surface area contributed by atoms with Crippen LogP contribution in [0.3, 0.4) is 0 Å². The predicted octanol–water partition coefficient (Wildman–Crippen LogP) is 3.37. The molecule has 0 N–H and O–H groups in total. The van der Waals surface area contributed by atoms with Gasteiger partial charge in [-0.25, -0.2) is 4.79 Å². The first-order chi connectivity index (χ1) is 10.2. The first kappa shape index (κ1) is 14.9. The normalized spacial score (nSPS) is 11.5. The molecule has 109 valence electrons. The monoisotopic (exact) mass is 285 g/mol. The van der Waals surface area contributed by atoms with Crippen LogP contribution in [0.1, 0.15) is 12.5 Å². The van der Waals surface area contributed by atoms with Crippen molar-refractivity contribution in [2.75, 3.05) is 0 Å². The van der Waals surface area contributed by atoms with E-state index < -0.39 is 12.1 Å². The molecule has 1 atom stereocenters. The van der Waals surface area contributed by atoms with Crippen molar-refractivity contribution in [2.24, 2.45) is 0 Å². The number of rotatable bonds is 6. The van der Waals surface area contributed by atoms with Gasteiger partial charge >= 0.3 is 5.97 Å². The summed E-state index contributed by atoms with van der Waals surface area (Å²) in [5.74, 6) is 0.790. The van der Waals surface area contributed by atoms with Crippen LogP contribution >= 0.6 is 0 Å². The largest absolute Gasteiger partial charge is 0.489 e. The molecule has 4 nitrogen and oxygen atoms in total. The first-order valence-electron chi connectivity index (χ1n) is 6.58. The van der Waals surface area contributed by atoms with Crippen LogP contribution in [0.25, 0.3) is 0 Å². The fraction of sp³-hybridized carbons (Fsp3) is 0.176. The molecule has 0 saturated carbocycles. The van der Waals surface area contributed by atoms with Gasteiger partial charge < -0.3 is 14.2 Å². The summed E-state index contributed by atoms with van der Waals surface area (Å²) in [5.41, 5.74) is 1.10. The van der Waals surface area contributed by atoms with Crippen LogP contribution in [-0.4, -0.2) is 12.1 Å². The zero-order chi connectivity index (χ0) is 15.1. The van der Waals surface area contributed by atoms with E-state index in [-0.39, 0.29) is 0 Å². The lowest BCUT2D eigenvalue weighted by Gasteiger charge is -2.12. The maximum absolute atomic E-state index is 11.2. The number of carbonyl (C=O) groups excluding carboxylic acids is 1. The highest BCUT2D eigenvalue weighted by Crippen LogP contribution is 2.19. The van der Waals surface area contributed by atoms with Gasteiger partial charge in [0.25, 0.3) is 0 Å². The minimum absolute atomic E-state index is 0.505. The second-order valence-corrected chi connectivity index (χ2v) is 4.47. The van der Waals surface area contributed by atoms with Gasteiger partial charge in [0, 0.05) is 0 Å². The third-order valence-corrected chi connectivity index (χ3v) is 2.86. The number of esters is 1. The Morgan fingerprint density at radius 3 is 2.29 bits per heavy atom. The minimum Gasteiger partial charge on any atom is -0.489 e. The van der Waals surface area contributed by atoms with E-state index in [4.69, 9.17) is 9.47 Å². The van der Waals surface area contributed by atoms with Gasteiger partial charge in [-0.1, -0.05) is 30.3 Å². The minimum atomic E-state index is -0.696. The van der Waals surface area contributed by atoms with Gasteiger partial charge in [0.2, 0.25) is 0 Å². The molecule has 0 spiro atoms. The van der Waals surface area contributed by atoms with E-state index in [9.17, 15) is 4.79 Å². The van der Waals surface area contributed by atoms with Gasteiger partial charge in [0.15, 0.2) is 6.10 Å². The van der Waals surface area contributed by atoms with Crippen molar-refractivity contribution < 1.29 is 19.0 Å². The van der Waals surface area contributed by atoms with Crippen LogP contribution in [-0.2, 0) is 16.1 Å². The Labute approximate surface area is 124 Å². The van der Waals surface area contributed by atoms with Gasteiger partial charge in [-0.15, -0.1) is 0 Å². The van der Waals surface area contributed by atoms with Crippen LogP contribution in [0.4, 0.5) is 0 Å². The molecular weight excluding hydrogens is 268 g/mol. The summed E-state index contributed by atoms with van der Waals surface area (Å²) in [6, 6.07) is 17.0. The van der Waals surface area contributed by atoms with Crippen LogP contribution in [0.2, 0.25) is 0 Å². The quantitative estimate of drug-likeness (QED) is 0.763. The summed E-state index contributed by atoms with van der Waals surface area (Å²) >= 11 is 0. The third-order valence-electron chi connectivity index (χ3n) is 2.86. The Morgan fingerprint density at radius 1 is 1.05 bits per heavy atom. The van der Waals surface area contributed by atoms with E-state index >= 15 is 0 Å². The average molecular weight is 285 g/mol. The molecule has 0 fully saturated rings. The molecule has 0 amide bonds. The number of hydrogen-bond acceptors (Lipinski definition) is 4. The summed E-state index contributed by atoms with van der Waals surface area (Å²) in [4.78, 5) is 11.2. The third kappa shape index (κ3) is 4.53. The lowest BCUT2D eigenvalue weighted by molar-refractivity contribution is -0.145. The van der Waals surface area contributed by atoms with Crippen molar-refractivity contribution in [3.63, 3.8) is 0 Å². The van der Waals surface area contributed by atoms with Gasteiger partial charge in [0.1, 0.15) is 25.2 Å². The number of hydrogen-bond donors (Lipinski definition) is 0. The van der Waals surface area contributed by atoms with Crippen molar-refractivity contribution in [3.05, 3.63) is 67.3 Å². The summed E-state index contributed by atoms with van der Waals surface area (Å²) < 4.78 is 15.4. The smallest absolute Gasteiger partial charge is 0.347 e. The Hall–Kier alpha value is -2.49. The Morgan fingerprint density at radius 2 is 1.67 bits per heavy atom. The number of carbonyl (C=O) groups is 1. The Bertz CT molecular complexity index is 563. The zero-order valence-corrected chi connectivity index (χ0v) is 11.8. The highest BCUT2D eigenvalue weighted by Gasteiger charge is 2.14. The molecule has 4 heteroatoms. The van der Waals surface area contributed by atoms with Crippen molar-refractivity contribution >= 4 is 5.97 Å². The lowest BCUT2D eigenvalue weighted by atomic mass is 10.2. The van der Waals surface area contributed by atoms with Crippen molar-refractivity contribution in [1.82, 2.24) is 0 Å². The maximum atomic E-state index is 11.2. The molecule has 1 unspecified atom stereocenters. The van der Waals surface area contributed by atoms with Crippen LogP contribution in [0, 0.1) is 7.11 Å². The number of benzene rings is 2. The lowest BCUT2D eigenvalue weighted by Crippen LogP contribution is -2.24. The van der Waals surface area contributed by atoms with Crippen LogP contribution in [0.5, 0.6) is 11.5 Å². The van der Waals surface area contributed by atoms with E-state index in [2.05, 4.69) is 11.8 Å². The van der Waals surface area contributed by atoms with Crippen molar-refractivity contribution in [1.29, 1.82) is 0 Å². The SMILES string of the molecule is [CH2]OC(=O)C(C)Oc1ccc(OCc2ccccc2)cc1. The van der Waals surface area contributed by atoms with Gasteiger partial charge in [0.05, 0.1) is 0 Å². The zero-order valence-electron chi connectivity index (χ0n) is 11.8. The molecular formula is C17H17O4. The van der Waals surface area contributed by atoms with Gasteiger partial charge in [-0.2, -0.15) is 0 Å². The molecule has 0 heterocycles. The molecule has 0 aliphatic rings. The Kier molecular flexibility index (Phi) is 5.21. The number of ether oxygens (including phenoxy) is 3. The van der Waals surface area contributed by atoms with E-state index in [0.29, 0.717) is 12.4 Å². The first-order valence-corrected chi connectivity index (χ1v) is 6.58. The van der Waals surface area contributed by atoms with E-state index in [1.165, 1.54) is 0 Å². The summed E-state index contributed by atoms with van der Waals surface area (Å²) in [6.45, 7) is 2.11. The van der Waals surface area contributed by atoms with Crippen molar-refractivity contribution in [2.45, 2.75) is 19.6 Å². The molecule has 2 aromatic rings. The maximum Gasteiger partial charge on any atom is 0.347 e. The Balaban J connectivity index is 1.88. The van der Waals surface area contributed by atoms with Gasteiger partial charge in [-0.05, 0) is 36.8 Å². The molecule has 1 radical (unpaired) electrons. The molecule has 2 aromatic carbocycles. The van der Waals surface area contributed by atoms with E-state index in [1.54, 1.807) is 31.2 Å². The standard InChI is InChI=1S/C17H17O4/c1-13(17(18)19-2)21-16-10-8-15(9-11-16)20-12-14-6-4-3-5-7-14/h3-11,13H,2,12H2,1H3. The summed E-state index contributed by atoms with van der Waals surface area (Å²) in [7, 11) is 3.07. The van der Waals surface area contributed by atoms with E-state index in [1.807, 2.05) is 30.3 Å². The van der Waals surface area contributed by atoms with Crippen LogP contribution < -0.4 is 9.47 Å². The molecule has 2 rings (SSSR count). The van der Waals surface area contributed by atoms with Crippen molar-refractivity contribution in [3.8, 4) is 11.5 Å². The topological polar surface area (TPSA) is 44.8 Å². The molecule has 21 heavy (non-hydrogen) atoms. The van der Waals surface area contributed by atoms with Crippen LogP contribution in [0.15, 0.2) is 54.6 Å². The fourth-order valence-corrected chi connectivity index (χ4v) is 1.72. The highest BCUT2D eigenvalue weighted by molar-refractivity contribution is 5.74. The van der Waals surface area contributed by atoms with Gasteiger partial charge in [-0.3, -0.25) is 0 Å². The summed E-state index contributed by atoms with van der Waals surface area (Å²) in [5, 5.41) is 0. The molecule has 0 aromatic heterocycles. The molecule has 0 aliphatic carbocycles. The highest BCUT2D eigenvalue weighted by atomic mass is 16.6. The second kappa shape index (κ2) is 7.33. The molecule has 0 aliphatic heterocycles. The van der Waals surface area contributed by atoms with E-state index in [0.717, 1.165) is 11.3 Å². The fourth-order valence-electron chi connectivity index (χ4n) is 1.72. The average Bonchev–Trinajstić information content (AvgIpc) is 2.54. The summed E-state index contributed by atoms with van der Waals surface area (Å²) in [6.07, 6.45) is -0.696. The molecule has 0 saturated heterocycles. The second-order valence-electron chi connectivity index (χ2n) is 4.47. The molecule has 0 bridgehead atoms.